The van der Waals surface area contributed by atoms with Gasteiger partial charge in [-0.25, -0.2) is 0 Å². The molecule has 0 amide bonds. The van der Waals surface area contributed by atoms with E-state index < -0.39 is 0 Å². The lowest BCUT2D eigenvalue weighted by atomic mass is 9.98. The Balaban J connectivity index is 0.000000292. The predicted molar refractivity (Wildman–Crippen MR) is 49.5 cm³/mol. The monoisotopic (exact) mass is 154 g/mol. The molecule has 1 aliphatic carbocycles. The molecule has 0 aromatic carbocycles. The summed E-state index contributed by atoms with van der Waals surface area (Å²) in [7, 11) is 0. The molecular weight excluding hydrogens is 136 g/mol. The maximum Gasteiger partial charge on any atom is 0.0747 e. The van der Waals surface area contributed by atoms with E-state index in [1.54, 1.807) is 6.08 Å². The van der Waals surface area contributed by atoms with E-state index in [0.717, 1.165) is 24.8 Å². The van der Waals surface area contributed by atoms with Crippen LogP contribution in [0.2, 0.25) is 0 Å². The van der Waals surface area contributed by atoms with Gasteiger partial charge in [-0.05, 0) is 38.7 Å². The first-order chi connectivity index (χ1) is 5.22. The van der Waals surface area contributed by atoms with Gasteiger partial charge in [0.05, 0.1) is 6.10 Å². The van der Waals surface area contributed by atoms with Crippen molar-refractivity contribution in [1.29, 1.82) is 0 Å². The molecule has 0 heterocycles. The Morgan fingerprint density at radius 3 is 2.55 bits per heavy atom. The molecule has 1 heteroatoms. The summed E-state index contributed by atoms with van der Waals surface area (Å²) in [5, 5.41) is 9.11. The summed E-state index contributed by atoms with van der Waals surface area (Å²) in [4.78, 5) is 0. The Morgan fingerprint density at radius 2 is 2.27 bits per heavy atom. The van der Waals surface area contributed by atoms with E-state index in [2.05, 4.69) is 12.7 Å². The number of hydrogen-bond acceptors (Lipinski definition) is 1. The Kier molecular flexibility index (Phi) is 5.86. The molecule has 0 saturated carbocycles. The second kappa shape index (κ2) is 6.17. The van der Waals surface area contributed by atoms with Crippen molar-refractivity contribution in [2.45, 2.75) is 39.2 Å². The highest BCUT2D eigenvalue weighted by Crippen LogP contribution is 2.16. The molecule has 0 spiro atoms. The van der Waals surface area contributed by atoms with Crippen LogP contribution in [0.25, 0.3) is 0 Å². The molecule has 1 aliphatic rings. The summed E-state index contributed by atoms with van der Waals surface area (Å²) in [6, 6.07) is 0. The topological polar surface area (TPSA) is 20.2 Å². The summed E-state index contributed by atoms with van der Waals surface area (Å²) in [6.45, 7) is 7.24. The van der Waals surface area contributed by atoms with Crippen molar-refractivity contribution in [3.05, 3.63) is 24.3 Å². The summed E-state index contributed by atoms with van der Waals surface area (Å²) in [6.07, 6.45) is 7.00. The van der Waals surface area contributed by atoms with Crippen LogP contribution in [0.3, 0.4) is 0 Å². The zero-order chi connectivity index (χ0) is 8.69. The van der Waals surface area contributed by atoms with Gasteiger partial charge in [0.25, 0.3) is 0 Å². The molecule has 1 atom stereocenters. The zero-order valence-corrected chi connectivity index (χ0v) is 7.51. The SMILES string of the molecule is C=CC.CC1=CCCCC1O. The van der Waals surface area contributed by atoms with Crippen molar-refractivity contribution < 1.29 is 5.11 Å². The van der Waals surface area contributed by atoms with E-state index in [1.165, 1.54) is 0 Å². The van der Waals surface area contributed by atoms with Gasteiger partial charge in [-0.1, -0.05) is 12.2 Å². The fourth-order valence-corrected chi connectivity index (χ4v) is 1.00. The van der Waals surface area contributed by atoms with Crippen molar-refractivity contribution in [3.63, 3.8) is 0 Å². The number of rotatable bonds is 0. The predicted octanol–water partition coefficient (Wildman–Crippen LogP) is 2.67. The van der Waals surface area contributed by atoms with E-state index in [-0.39, 0.29) is 6.10 Å². The van der Waals surface area contributed by atoms with Gasteiger partial charge in [-0.2, -0.15) is 0 Å². The molecule has 11 heavy (non-hydrogen) atoms. The fraction of sp³-hybridized carbons (Fsp3) is 0.600. The first kappa shape index (κ1) is 10.4. The van der Waals surface area contributed by atoms with Gasteiger partial charge in [0, 0.05) is 0 Å². The van der Waals surface area contributed by atoms with Crippen LogP contribution in [-0.4, -0.2) is 11.2 Å². The number of allylic oxidation sites excluding steroid dienone is 2. The van der Waals surface area contributed by atoms with Crippen LogP contribution in [-0.2, 0) is 0 Å². The standard InChI is InChI=1S/C7H12O.C3H6/c1-6-4-2-3-5-7(6)8;1-3-2/h4,7-8H,2-3,5H2,1H3;3H,1H2,2H3. The Labute approximate surface area is 69.4 Å². The maximum atomic E-state index is 9.11. The van der Waals surface area contributed by atoms with Gasteiger partial charge >= 0.3 is 0 Å². The minimum Gasteiger partial charge on any atom is -0.389 e. The van der Waals surface area contributed by atoms with Gasteiger partial charge < -0.3 is 5.11 Å². The van der Waals surface area contributed by atoms with Crippen LogP contribution in [0, 0.1) is 0 Å². The average molecular weight is 154 g/mol. The quantitative estimate of drug-likeness (QED) is 0.532. The second-order valence-electron chi connectivity index (χ2n) is 2.80. The van der Waals surface area contributed by atoms with Crippen molar-refractivity contribution in [2.24, 2.45) is 0 Å². The molecule has 0 aliphatic heterocycles. The van der Waals surface area contributed by atoms with E-state index in [4.69, 9.17) is 5.11 Å². The highest BCUT2D eigenvalue weighted by atomic mass is 16.3. The minimum atomic E-state index is -0.135. The number of aliphatic hydroxyl groups excluding tert-OH is 1. The third-order valence-electron chi connectivity index (χ3n) is 1.67. The third-order valence-corrected chi connectivity index (χ3v) is 1.67. The van der Waals surface area contributed by atoms with Crippen molar-refractivity contribution in [3.8, 4) is 0 Å². The average Bonchev–Trinajstić information content (AvgIpc) is 1.97. The molecule has 1 N–H and O–H groups in total. The van der Waals surface area contributed by atoms with Crippen molar-refractivity contribution in [2.75, 3.05) is 0 Å². The van der Waals surface area contributed by atoms with E-state index in [1.807, 2.05) is 13.8 Å². The summed E-state index contributed by atoms with van der Waals surface area (Å²) in [5.41, 5.74) is 1.15. The number of aliphatic hydroxyl groups is 1. The Bertz CT molecular complexity index is 136. The van der Waals surface area contributed by atoms with Crippen LogP contribution in [0.4, 0.5) is 0 Å². The molecule has 0 aromatic rings. The van der Waals surface area contributed by atoms with Gasteiger partial charge in [0.15, 0.2) is 0 Å². The fourth-order valence-electron chi connectivity index (χ4n) is 1.00. The van der Waals surface area contributed by atoms with E-state index in [9.17, 15) is 0 Å². The smallest absolute Gasteiger partial charge is 0.0747 e. The van der Waals surface area contributed by atoms with Crippen molar-refractivity contribution in [1.82, 2.24) is 0 Å². The van der Waals surface area contributed by atoms with Gasteiger partial charge in [-0.3, -0.25) is 0 Å². The highest BCUT2D eigenvalue weighted by Gasteiger charge is 2.08. The lowest BCUT2D eigenvalue weighted by Crippen LogP contribution is -2.10. The van der Waals surface area contributed by atoms with Crippen LogP contribution in [0.15, 0.2) is 24.3 Å². The minimum absolute atomic E-state index is 0.135. The maximum absolute atomic E-state index is 9.11. The molecule has 64 valence electrons. The molecule has 1 nitrogen and oxygen atoms in total. The summed E-state index contributed by atoms with van der Waals surface area (Å²) in [5.74, 6) is 0. The molecule has 0 bridgehead atoms. The lowest BCUT2D eigenvalue weighted by Gasteiger charge is -2.14. The van der Waals surface area contributed by atoms with E-state index in [0.29, 0.717) is 0 Å². The summed E-state index contributed by atoms with van der Waals surface area (Å²) >= 11 is 0. The highest BCUT2D eigenvalue weighted by molar-refractivity contribution is 5.07. The third kappa shape index (κ3) is 4.79. The van der Waals surface area contributed by atoms with Gasteiger partial charge in [-0.15, -0.1) is 6.58 Å². The van der Waals surface area contributed by atoms with Crippen LogP contribution in [0.1, 0.15) is 33.1 Å². The Hall–Kier alpha value is -0.560. The first-order valence-electron chi connectivity index (χ1n) is 4.14. The molecule has 1 unspecified atom stereocenters. The van der Waals surface area contributed by atoms with Crippen molar-refractivity contribution >= 4 is 0 Å². The number of hydrogen-bond donors (Lipinski definition) is 1. The van der Waals surface area contributed by atoms with Gasteiger partial charge in [0.2, 0.25) is 0 Å². The first-order valence-corrected chi connectivity index (χ1v) is 4.14. The van der Waals surface area contributed by atoms with Crippen LogP contribution in [0.5, 0.6) is 0 Å². The molecule has 0 aromatic heterocycles. The lowest BCUT2D eigenvalue weighted by molar-refractivity contribution is 0.191. The normalized spacial score (nSPS) is 22.8. The zero-order valence-electron chi connectivity index (χ0n) is 7.51. The molecular formula is C10H18O. The second-order valence-corrected chi connectivity index (χ2v) is 2.80. The van der Waals surface area contributed by atoms with E-state index >= 15 is 0 Å². The van der Waals surface area contributed by atoms with Crippen LogP contribution >= 0.6 is 0 Å². The molecule has 1 rings (SSSR count). The van der Waals surface area contributed by atoms with Gasteiger partial charge in [0.1, 0.15) is 0 Å². The Morgan fingerprint density at radius 1 is 1.73 bits per heavy atom. The summed E-state index contributed by atoms with van der Waals surface area (Å²) < 4.78 is 0. The molecule has 0 fully saturated rings. The molecule has 0 radical (unpaired) electrons. The largest absolute Gasteiger partial charge is 0.389 e. The molecule has 0 saturated heterocycles. The van der Waals surface area contributed by atoms with Crippen LogP contribution < -0.4 is 0 Å².